The summed E-state index contributed by atoms with van der Waals surface area (Å²) in [6, 6.07) is 0. The number of rotatable bonds is 16. The Morgan fingerprint density at radius 2 is 1.21 bits per heavy atom. The van der Waals surface area contributed by atoms with E-state index in [1.165, 1.54) is 56.9 Å². The van der Waals surface area contributed by atoms with Crippen LogP contribution in [0.1, 0.15) is 121 Å². The van der Waals surface area contributed by atoms with Crippen LogP contribution >= 0.6 is 0 Å². The van der Waals surface area contributed by atoms with Crippen molar-refractivity contribution in [2.75, 3.05) is 14.2 Å². The van der Waals surface area contributed by atoms with E-state index in [0.717, 1.165) is 57.9 Å². The first-order valence-corrected chi connectivity index (χ1v) is 13.6. The van der Waals surface area contributed by atoms with Gasteiger partial charge in [0.15, 0.2) is 0 Å². The third kappa shape index (κ3) is 9.64. The number of benzene rings is 1. The molecule has 1 rings (SSSR count). The molecule has 1 N–H and O–H groups in total. The smallest absolute Gasteiger partial charge is 0.128 e. The van der Waals surface area contributed by atoms with Crippen LogP contribution in [0.2, 0.25) is 0 Å². The highest BCUT2D eigenvalue weighted by Crippen LogP contribution is 2.41. The van der Waals surface area contributed by atoms with E-state index in [0.29, 0.717) is 0 Å². The summed E-state index contributed by atoms with van der Waals surface area (Å²) >= 11 is 0. The van der Waals surface area contributed by atoms with Gasteiger partial charge in [0.2, 0.25) is 0 Å². The predicted molar refractivity (Wildman–Crippen MR) is 147 cm³/mol. The Morgan fingerprint density at radius 3 is 1.71 bits per heavy atom. The highest BCUT2D eigenvalue weighted by molar-refractivity contribution is 5.59. The highest BCUT2D eigenvalue weighted by Gasteiger charge is 2.23. The molecule has 0 amide bonds. The first kappa shape index (κ1) is 30.6. The van der Waals surface area contributed by atoms with Crippen molar-refractivity contribution in [2.24, 2.45) is 17.8 Å². The van der Waals surface area contributed by atoms with Gasteiger partial charge in [0, 0.05) is 11.1 Å². The summed E-state index contributed by atoms with van der Waals surface area (Å²) in [5, 5.41) is 11.1. The van der Waals surface area contributed by atoms with Gasteiger partial charge in [0.05, 0.1) is 14.2 Å². The van der Waals surface area contributed by atoms with Crippen LogP contribution in [0.25, 0.3) is 0 Å². The van der Waals surface area contributed by atoms with Gasteiger partial charge < -0.3 is 14.6 Å². The Morgan fingerprint density at radius 1 is 0.735 bits per heavy atom. The van der Waals surface area contributed by atoms with E-state index < -0.39 is 6.10 Å². The Kier molecular flexibility index (Phi) is 13.9. The fraction of sp³-hybridized carbons (Fsp3) is 0.742. The van der Waals surface area contributed by atoms with Crippen LogP contribution in [-0.4, -0.2) is 19.3 Å². The molecule has 0 fully saturated rings. The molecule has 3 nitrogen and oxygen atoms in total. The summed E-state index contributed by atoms with van der Waals surface area (Å²) < 4.78 is 11.3. The molecule has 0 spiro atoms. The second-order valence-electron chi connectivity index (χ2n) is 11.2. The van der Waals surface area contributed by atoms with Crippen molar-refractivity contribution in [3.63, 3.8) is 0 Å². The maximum atomic E-state index is 11.1. The van der Waals surface area contributed by atoms with Crippen LogP contribution in [0.5, 0.6) is 11.5 Å². The number of aliphatic hydroxyl groups excluding tert-OH is 1. The van der Waals surface area contributed by atoms with Gasteiger partial charge in [0.1, 0.15) is 17.6 Å². The molecular formula is C31H54O3. The van der Waals surface area contributed by atoms with Gasteiger partial charge in [-0.3, -0.25) is 0 Å². The predicted octanol–water partition coefficient (Wildman–Crippen LogP) is 9.05. The van der Waals surface area contributed by atoms with Gasteiger partial charge in [0.25, 0.3) is 0 Å². The molecule has 196 valence electrons. The van der Waals surface area contributed by atoms with Crippen LogP contribution in [0.15, 0.2) is 11.6 Å². The molecule has 0 aliphatic heterocycles. The van der Waals surface area contributed by atoms with Crippen molar-refractivity contribution in [1.82, 2.24) is 0 Å². The summed E-state index contributed by atoms with van der Waals surface area (Å²) in [6.45, 7) is 17.7. The lowest BCUT2D eigenvalue weighted by Gasteiger charge is -2.22. The van der Waals surface area contributed by atoms with Gasteiger partial charge in [-0.2, -0.15) is 0 Å². The van der Waals surface area contributed by atoms with Gasteiger partial charge in [-0.15, -0.1) is 0 Å². The minimum Gasteiger partial charge on any atom is -0.496 e. The van der Waals surface area contributed by atoms with Crippen molar-refractivity contribution < 1.29 is 14.6 Å². The molecule has 0 saturated heterocycles. The Bertz CT molecular complexity index is 763. The summed E-state index contributed by atoms with van der Waals surface area (Å²) in [4.78, 5) is 0. The fourth-order valence-electron chi connectivity index (χ4n) is 5.19. The minimum absolute atomic E-state index is 0.697. The average molecular weight is 475 g/mol. The molecule has 0 saturated carbocycles. The van der Waals surface area contributed by atoms with Crippen LogP contribution in [0, 0.1) is 38.5 Å². The normalized spacial score (nSPS) is 14.9. The van der Waals surface area contributed by atoms with Gasteiger partial charge in [-0.25, -0.2) is 0 Å². The minimum atomic E-state index is -0.697. The fourth-order valence-corrected chi connectivity index (χ4v) is 5.19. The summed E-state index contributed by atoms with van der Waals surface area (Å²) in [5.41, 5.74) is 5.08. The summed E-state index contributed by atoms with van der Waals surface area (Å²) in [5.74, 6) is 4.07. The lowest BCUT2D eigenvalue weighted by atomic mass is 9.91. The van der Waals surface area contributed by atoms with E-state index in [1.807, 2.05) is 26.8 Å². The SMILES string of the molecule is COc1c(C)c(C)c(OC)c(C(O)C=C(C)CCCC(C)CCCC(C)CCCC(C)C)c1C. The molecule has 0 aliphatic carbocycles. The van der Waals surface area contributed by atoms with Crippen molar-refractivity contribution in [3.8, 4) is 11.5 Å². The van der Waals surface area contributed by atoms with E-state index in [2.05, 4.69) is 34.6 Å². The lowest BCUT2D eigenvalue weighted by Crippen LogP contribution is -2.07. The first-order chi connectivity index (χ1) is 16.0. The molecule has 3 heteroatoms. The Hall–Kier alpha value is -1.48. The van der Waals surface area contributed by atoms with E-state index in [-0.39, 0.29) is 0 Å². The van der Waals surface area contributed by atoms with Gasteiger partial charge in [-0.1, -0.05) is 84.3 Å². The maximum absolute atomic E-state index is 11.1. The standard InChI is InChI=1S/C31H54O3/c1-21(2)14-11-15-22(3)16-12-17-23(4)18-13-19-24(5)20-28(32)29-27(8)30(33-9)25(6)26(7)31(29)34-10/h20-23,28,32H,11-19H2,1-10H3. The zero-order valence-corrected chi connectivity index (χ0v) is 24.0. The first-order valence-electron chi connectivity index (χ1n) is 13.6. The largest absolute Gasteiger partial charge is 0.496 e. The molecule has 0 bridgehead atoms. The highest BCUT2D eigenvalue weighted by atomic mass is 16.5. The summed E-state index contributed by atoms with van der Waals surface area (Å²) in [7, 11) is 3.36. The molecular weight excluding hydrogens is 420 g/mol. The second-order valence-corrected chi connectivity index (χ2v) is 11.2. The molecule has 3 unspecified atom stereocenters. The Balaban J connectivity index is 2.56. The molecule has 0 heterocycles. The van der Waals surface area contributed by atoms with Gasteiger partial charge >= 0.3 is 0 Å². The third-order valence-corrected chi connectivity index (χ3v) is 7.52. The van der Waals surface area contributed by atoms with E-state index >= 15 is 0 Å². The lowest BCUT2D eigenvalue weighted by molar-refractivity contribution is 0.219. The quantitative estimate of drug-likeness (QED) is 0.243. The van der Waals surface area contributed by atoms with Gasteiger partial charge in [-0.05, 0) is 69.4 Å². The van der Waals surface area contributed by atoms with Crippen molar-refractivity contribution in [3.05, 3.63) is 33.9 Å². The van der Waals surface area contributed by atoms with Crippen LogP contribution in [-0.2, 0) is 0 Å². The number of ether oxygens (including phenoxy) is 2. The van der Waals surface area contributed by atoms with Crippen LogP contribution in [0.4, 0.5) is 0 Å². The number of methoxy groups -OCH3 is 2. The van der Waals surface area contributed by atoms with E-state index in [4.69, 9.17) is 9.47 Å². The number of aliphatic hydroxyl groups is 1. The van der Waals surface area contributed by atoms with Crippen LogP contribution < -0.4 is 9.47 Å². The molecule has 1 aromatic rings. The molecule has 3 atom stereocenters. The maximum Gasteiger partial charge on any atom is 0.128 e. The molecule has 1 aromatic carbocycles. The zero-order valence-electron chi connectivity index (χ0n) is 24.0. The third-order valence-electron chi connectivity index (χ3n) is 7.52. The van der Waals surface area contributed by atoms with Crippen molar-refractivity contribution in [1.29, 1.82) is 0 Å². The number of hydrogen-bond acceptors (Lipinski definition) is 3. The zero-order chi connectivity index (χ0) is 25.8. The van der Waals surface area contributed by atoms with E-state index in [9.17, 15) is 5.11 Å². The van der Waals surface area contributed by atoms with Crippen LogP contribution in [0.3, 0.4) is 0 Å². The molecule has 0 aliphatic rings. The molecule has 34 heavy (non-hydrogen) atoms. The van der Waals surface area contributed by atoms with E-state index in [1.54, 1.807) is 14.2 Å². The topological polar surface area (TPSA) is 38.7 Å². The molecule has 0 radical (unpaired) electrons. The Labute approximate surface area is 211 Å². The van der Waals surface area contributed by atoms with Crippen molar-refractivity contribution >= 4 is 0 Å². The molecule has 0 aromatic heterocycles. The monoisotopic (exact) mass is 474 g/mol. The average Bonchev–Trinajstić information content (AvgIpc) is 2.76. The second kappa shape index (κ2) is 15.5. The summed E-state index contributed by atoms with van der Waals surface area (Å²) in [6.07, 6.45) is 12.9. The number of hydrogen-bond donors (Lipinski definition) is 1. The number of allylic oxidation sites excluding steroid dienone is 1. The van der Waals surface area contributed by atoms with Crippen molar-refractivity contribution in [2.45, 2.75) is 119 Å².